The first-order chi connectivity index (χ1) is 12.3. The molecule has 0 fully saturated rings. The second-order valence-corrected chi connectivity index (χ2v) is 5.83. The van der Waals surface area contributed by atoms with Crippen LogP contribution in [-0.4, -0.2) is 18.9 Å². The fraction of sp³-hybridized carbons (Fsp3) is 0.0952. The summed E-state index contributed by atoms with van der Waals surface area (Å²) in [4.78, 5) is 16.6. The lowest BCUT2D eigenvalue weighted by Gasteiger charge is -2.03. The van der Waals surface area contributed by atoms with Crippen LogP contribution in [0.4, 0.5) is 0 Å². The predicted octanol–water partition coefficient (Wildman–Crippen LogP) is 3.16. The molecule has 122 valence electrons. The predicted molar refractivity (Wildman–Crippen MR) is 94.6 cm³/mol. The molecule has 0 radical (unpaired) electrons. The van der Waals surface area contributed by atoms with Crippen LogP contribution in [0.1, 0.15) is 33.2 Å². The van der Waals surface area contributed by atoms with Crippen molar-refractivity contribution in [3.05, 3.63) is 101 Å². The molecule has 1 atom stereocenters. The maximum atomic E-state index is 11.6. The van der Waals surface area contributed by atoms with Crippen LogP contribution in [0.25, 0.3) is 0 Å². The summed E-state index contributed by atoms with van der Waals surface area (Å²) in [5.41, 5.74) is 3.77. The molecule has 4 nitrogen and oxygen atoms in total. The first-order valence-electron chi connectivity index (χ1n) is 8.10. The minimum atomic E-state index is -0.338. The first-order valence-corrected chi connectivity index (χ1v) is 8.10. The Labute approximate surface area is 146 Å². The van der Waals surface area contributed by atoms with Crippen molar-refractivity contribution < 1.29 is 14.1 Å². The summed E-state index contributed by atoms with van der Waals surface area (Å²) >= 11 is 0. The maximum absolute atomic E-state index is 11.6. The Bertz CT molecular complexity index is 947. The van der Waals surface area contributed by atoms with E-state index in [4.69, 9.17) is 9.73 Å². The van der Waals surface area contributed by atoms with Gasteiger partial charge in [0.1, 0.15) is 0 Å². The first kappa shape index (κ1) is 15.3. The van der Waals surface area contributed by atoms with Gasteiger partial charge in [-0.15, -0.1) is 0 Å². The standard InChI is InChI=1S/C21H17N2O2/c1-25-21(24)17-12-10-16(11-13-17)20-22-19(15-7-3-2-4-8-15)18-9-5-6-14-23(18)20/h2-14,19H,1H3/q+1/t19-/m1/s1. The highest BCUT2D eigenvalue weighted by Gasteiger charge is 2.36. The van der Waals surface area contributed by atoms with E-state index in [0.717, 1.165) is 22.7 Å². The smallest absolute Gasteiger partial charge is 0.337 e. The molecule has 0 saturated carbocycles. The molecular weight excluding hydrogens is 312 g/mol. The number of methoxy groups -OCH3 is 1. The lowest BCUT2D eigenvalue weighted by molar-refractivity contribution is -0.557. The van der Waals surface area contributed by atoms with E-state index in [-0.39, 0.29) is 12.0 Å². The van der Waals surface area contributed by atoms with Gasteiger partial charge in [0, 0.05) is 5.56 Å². The van der Waals surface area contributed by atoms with Gasteiger partial charge in [-0.05, 0) is 36.4 Å². The van der Waals surface area contributed by atoms with Gasteiger partial charge < -0.3 is 4.74 Å². The van der Waals surface area contributed by atoms with E-state index in [1.165, 1.54) is 7.11 Å². The summed E-state index contributed by atoms with van der Waals surface area (Å²) in [6.45, 7) is 0. The number of ether oxygens (including phenoxy) is 1. The van der Waals surface area contributed by atoms with Crippen molar-refractivity contribution in [3.8, 4) is 0 Å². The molecular formula is C21H17N2O2+. The molecule has 4 rings (SSSR count). The number of fused-ring (bicyclic) bond motifs is 1. The Morgan fingerprint density at radius 3 is 2.40 bits per heavy atom. The zero-order valence-electron chi connectivity index (χ0n) is 13.8. The number of carbonyl (C=O) groups excluding carboxylic acids is 1. The van der Waals surface area contributed by atoms with Crippen LogP contribution >= 0.6 is 0 Å². The zero-order chi connectivity index (χ0) is 17.2. The maximum Gasteiger partial charge on any atom is 0.337 e. The minimum Gasteiger partial charge on any atom is -0.465 e. The summed E-state index contributed by atoms with van der Waals surface area (Å²) in [6.07, 6.45) is 2.02. The number of aliphatic imine (C=N–C) groups is 1. The van der Waals surface area contributed by atoms with Crippen LogP contribution < -0.4 is 4.57 Å². The van der Waals surface area contributed by atoms with Crippen molar-refractivity contribution in [1.29, 1.82) is 0 Å². The molecule has 0 aliphatic carbocycles. The Morgan fingerprint density at radius 2 is 1.68 bits per heavy atom. The van der Waals surface area contributed by atoms with E-state index in [1.54, 1.807) is 12.1 Å². The van der Waals surface area contributed by atoms with Crippen molar-refractivity contribution in [2.24, 2.45) is 4.99 Å². The molecule has 1 aliphatic heterocycles. The lowest BCUT2D eigenvalue weighted by Crippen LogP contribution is -2.43. The molecule has 1 aromatic heterocycles. The second kappa shape index (κ2) is 6.32. The zero-order valence-corrected chi connectivity index (χ0v) is 13.8. The van der Waals surface area contributed by atoms with Crippen LogP contribution in [0.2, 0.25) is 0 Å². The van der Waals surface area contributed by atoms with Crippen molar-refractivity contribution in [1.82, 2.24) is 0 Å². The van der Waals surface area contributed by atoms with Crippen LogP contribution in [0.15, 0.2) is 84.0 Å². The van der Waals surface area contributed by atoms with Crippen LogP contribution in [0.3, 0.4) is 0 Å². The third kappa shape index (κ3) is 2.72. The minimum absolute atomic E-state index is 0.0299. The number of rotatable bonds is 3. The molecule has 0 N–H and O–H groups in total. The fourth-order valence-electron chi connectivity index (χ4n) is 3.09. The van der Waals surface area contributed by atoms with Gasteiger partial charge in [0.2, 0.25) is 6.04 Å². The second-order valence-electron chi connectivity index (χ2n) is 5.83. The van der Waals surface area contributed by atoms with E-state index in [0.29, 0.717) is 5.56 Å². The fourth-order valence-corrected chi connectivity index (χ4v) is 3.09. The molecule has 0 amide bonds. The van der Waals surface area contributed by atoms with Crippen LogP contribution in [0, 0.1) is 0 Å². The molecule has 1 aliphatic rings. The normalized spacial score (nSPS) is 15.4. The average molecular weight is 329 g/mol. The van der Waals surface area contributed by atoms with Crippen LogP contribution in [0.5, 0.6) is 0 Å². The van der Waals surface area contributed by atoms with E-state index in [2.05, 4.69) is 22.8 Å². The highest BCUT2D eigenvalue weighted by molar-refractivity contribution is 5.95. The molecule has 2 aromatic carbocycles. The summed E-state index contributed by atoms with van der Waals surface area (Å²) < 4.78 is 6.86. The van der Waals surface area contributed by atoms with Crippen molar-refractivity contribution in [3.63, 3.8) is 0 Å². The van der Waals surface area contributed by atoms with Gasteiger partial charge in [0.25, 0.3) is 0 Å². The molecule has 0 bridgehead atoms. The van der Waals surface area contributed by atoms with E-state index in [9.17, 15) is 4.79 Å². The third-order valence-corrected chi connectivity index (χ3v) is 4.33. The topological polar surface area (TPSA) is 42.5 Å². The van der Waals surface area contributed by atoms with E-state index >= 15 is 0 Å². The van der Waals surface area contributed by atoms with Crippen molar-refractivity contribution >= 4 is 11.8 Å². The van der Waals surface area contributed by atoms with Gasteiger partial charge in [-0.25, -0.2) is 4.79 Å². The number of pyridine rings is 1. The number of aromatic nitrogens is 1. The molecule has 0 unspecified atom stereocenters. The number of nitrogens with zero attached hydrogens (tertiary/aromatic N) is 2. The van der Waals surface area contributed by atoms with Gasteiger partial charge in [-0.1, -0.05) is 41.4 Å². The van der Waals surface area contributed by atoms with E-state index < -0.39 is 0 Å². The van der Waals surface area contributed by atoms with Crippen molar-refractivity contribution in [2.75, 3.05) is 7.11 Å². The molecule has 4 heteroatoms. The van der Waals surface area contributed by atoms with Crippen LogP contribution in [-0.2, 0) is 4.74 Å². The molecule has 0 spiro atoms. The molecule has 0 saturated heterocycles. The number of hydrogen-bond acceptors (Lipinski definition) is 3. The SMILES string of the molecule is COC(=O)c1ccc(C2=N[C@H](c3ccccc3)c3cccc[n+]32)cc1. The number of benzene rings is 2. The highest BCUT2D eigenvalue weighted by atomic mass is 16.5. The Kier molecular flexibility index (Phi) is 3.86. The number of carbonyl (C=O) groups is 1. The Balaban J connectivity index is 1.78. The Hall–Kier alpha value is -3.27. The molecule has 3 aromatic rings. The monoisotopic (exact) mass is 329 g/mol. The van der Waals surface area contributed by atoms with E-state index in [1.807, 2.05) is 48.7 Å². The quantitative estimate of drug-likeness (QED) is 0.547. The summed E-state index contributed by atoms with van der Waals surface area (Å²) in [5.74, 6) is 0.538. The molecule has 25 heavy (non-hydrogen) atoms. The largest absolute Gasteiger partial charge is 0.465 e. The number of hydrogen-bond donors (Lipinski definition) is 0. The Morgan fingerprint density at radius 1 is 0.960 bits per heavy atom. The average Bonchev–Trinajstić information content (AvgIpc) is 3.08. The highest BCUT2D eigenvalue weighted by Crippen LogP contribution is 2.28. The van der Waals surface area contributed by atoms with Gasteiger partial charge in [0.15, 0.2) is 5.69 Å². The van der Waals surface area contributed by atoms with Gasteiger partial charge >= 0.3 is 11.8 Å². The summed E-state index contributed by atoms with van der Waals surface area (Å²) in [5, 5.41) is 0. The molecule has 2 heterocycles. The summed E-state index contributed by atoms with van der Waals surface area (Å²) in [7, 11) is 1.38. The summed E-state index contributed by atoms with van der Waals surface area (Å²) in [6, 6.07) is 23.7. The number of esters is 1. The van der Waals surface area contributed by atoms with Gasteiger partial charge in [-0.3, -0.25) is 0 Å². The third-order valence-electron chi connectivity index (χ3n) is 4.33. The van der Waals surface area contributed by atoms with Crippen molar-refractivity contribution in [2.45, 2.75) is 6.04 Å². The lowest BCUT2D eigenvalue weighted by atomic mass is 10.0. The van der Waals surface area contributed by atoms with Gasteiger partial charge in [0.05, 0.1) is 24.4 Å². The van der Waals surface area contributed by atoms with Gasteiger partial charge in [-0.2, -0.15) is 4.57 Å².